The molecule has 2 aromatic carbocycles. The Morgan fingerprint density at radius 3 is 2.43 bits per heavy atom. The SMILES string of the molecule is COc1ccc(OC)c2cc3c(cc12)C(=O)c1occ2c1[C@@]3(C)CC[C@H]2OC(C)=O. The van der Waals surface area contributed by atoms with Crippen LogP contribution < -0.4 is 9.47 Å². The third-order valence-corrected chi connectivity index (χ3v) is 6.49. The van der Waals surface area contributed by atoms with Crippen molar-refractivity contribution in [2.24, 2.45) is 0 Å². The summed E-state index contributed by atoms with van der Waals surface area (Å²) in [6, 6.07) is 7.62. The second-order valence-corrected chi connectivity index (χ2v) is 8.11. The van der Waals surface area contributed by atoms with Gasteiger partial charge in [-0.2, -0.15) is 0 Å². The first-order valence-electron chi connectivity index (χ1n) is 9.92. The van der Waals surface area contributed by atoms with E-state index in [1.54, 1.807) is 20.5 Å². The van der Waals surface area contributed by atoms with Crippen LogP contribution in [0.4, 0.5) is 0 Å². The summed E-state index contributed by atoms with van der Waals surface area (Å²) < 4.78 is 22.4. The third kappa shape index (κ3) is 2.36. The molecule has 0 radical (unpaired) electrons. The molecule has 0 unspecified atom stereocenters. The summed E-state index contributed by atoms with van der Waals surface area (Å²) in [5.41, 5.74) is 2.73. The summed E-state index contributed by atoms with van der Waals surface area (Å²) in [5, 5.41) is 1.71. The largest absolute Gasteiger partial charge is 0.496 e. The Hall–Kier alpha value is -3.28. The first kappa shape index (κ1) is 18.7. The lowest BCUT2D eigenvalue weighted by atomic mass is 9.62. The summed E-state index contributed by atoms with van der Waals surface area (Å²) in [4.78, 5) is 25.0. The van der Waals surface area contributed by atoms with Gasteiger partial charge < -0.3 is 18.6 Å². The monoisotopic (exact) mass is 406 g/mol. The van der Waals surface area contributed by atoms with Crippen LogP contribution >= 0.6 is 0 Å². The van der Waals surface area contributed by atoms with E-state index in [1.165, 1.54) is 6.92 Å². The van der Waals surface area contributed by atoms with Gasteiger partial charge in [-0.05, 0) is 42.7 Å². The van der Waals surface area contributed by atoms with Crippen LogP contribution in [0.5, 0.6) is 11.5 Å². The Balaban J connectivity index is 1.79. The zero-order valence-electron chi connectivity index (χ0n) is 17.3. The minimum absolute atomic E-state index is 0.168. The molecule has 0 bridgehead atoms. The molecule has 0 saturated carbocycles. The normalized spacial score (nSPS) is 21.7. The van der Waals surface area contributed by atoms with E-state index in [4.69, 9.17) is 18.6 Å². The Labute approximate surface area is 173 Å². The minimum atomic E-state index is -0.431. The number of hydrogen-bond acceptors (Lipinski definition) is 6. The highest BCUT2D eigenvalue weighted by atomic mass is 16.5. The van der Waals surface area contributed by atoms with Gasteiger partial charge in [-0.25, -0.2) is 0 Å². The molecular formula is C24H22O6. The molecule has 30 heavy (non-hydrogen) atoms. The second kappa shape index (κ2) is 6.36. The highest BCUT2D eigenvalue weighted by Gasteiger charge is 2.49. The highest BCUT2D eigenvalue weighted by molar-refractivity contribution is 6.14. The lowest BCUT2D eigenvalue weighted by molar-refractivity contribution is -0.147. The van der Waals surface area contributed by atoms with Crippen molar-refractivity contribution in [1.29, 1.82) is 0 Å². The molecule has 0 N–H and O–H groups in total. The maximum absolute atomic E-state index is 13.4. The molecule has 2 aliphatic carbocycles. The van der Waals surface area contributed by atoms with Gasteiger partial charge in [0.15, 0.2) is 5.76 Å². The molecule has 5 rings (SSSR count). The van der Waals surface area contributed by atoms with Crippen molar-refractivity contribution in [2.45, 2.75) is 38.2 Å². The molecule has 0 spiro atoms. The molecular weight excluding hydrogens is 384 g/mol. The van der Waals surface area contributed by atoms with E-state index in [0.717, 1.165) is 39.6 Å². The van der Waals surface area contributed by atoms with Gasteiger partial charge >= 0.3 is 5.97 Å². The number of furan rings is 1. The molecule has 0 saturated heterocycles. The Bertz CT molecular complexity index is 1220. The van der Waals surface area contributed by atoms with Crippen LogP contribution in [-0.2, 0) is 14.9 Å². The minimum Gasteiger partial charge on any atom is -0.496 e. The summed E-state index contributed by atoms with van der Waals surface area (Å²) in [6.07, 6.45) is 2.55. The first-order chi connectivity index (χ1) is 14.4. The van der Waals surface area contributed by atoms with Crippen LogP contribution in [0, 0.1) is 0 Å². The van der Waals surface area contributed by atoms with E-state index in [2.05, 4.69) is 6.92 Å². The number of methoxy groups -OCH3 is 2. The fourth-order valence-electron chi connectivity index (χ4n) is 5.10. The Kier molecular flexibility index (Phi) is 3.97. The van der Waals surface area contributed by atoms with Crippen LogP contribution in [-0.4, -0.2) is 26.0 Å². The van der Waals surface area contributed by atoms with Gasteiger partial charge in [-0.1, -0.05) is 6.92 Å². The number of carbonyl (C=O) groups excluding carboxylic acids is 2. The molecule has 0 amide bonds. The summed E-state index contributed by atoms with van der Waals surface area (Å²) in [5.74, 6) is 1.22. The fraction of sp³-hybridized carbons (Fsp3) is 0.333. The molecule has 6 nitrogen and oxygen atoms in total. The number of ketones is 1. The molecule has 154 valence electrons. The lowest BCUT2D eigenvalue weighted by Gasteiger charge is -2.41. The molecule has 2 aliphatic rings. The predicted octanol–water partition coefficient (Wildman–Crippen LogP) is 4.70. The standard InChI is InChI=1S/C24H22O6/c1-12(25)30-20-7-8-24(2)17-10-14-13(18(27-3)5-6-19(14)28-4)9-15(17)22(26)23-21(24)16(20)11-29-23/h5-6,9-11,20H,7-8H2,1-4H3/t20-,24+/m1/s1. The second-order valence-electron chi connectivity index (χ2n) is 8.11. The number of fused-ring (bicyclic) bond motifs is 3. The van der Waals surface area contributed by atoms with Gasteiger partial charge in [0.1, 0.15) is 17.6 Å². The van der Waals surface area contributed by atoms with Crippen molar-refractivity contribution in [3.63, 3.8) is 0 Å². The van der Waals surface area contributed by atoms with Crippen LogP contribution in [0.1, 0.15) is 65.6 Å². The molecule has 1 heterocycles. The fourth-order valence-corrected chi connectivity index (χ4v) is 5.10. The van der Waals surface area contributed by atoms with E-state index < -0.39 is 11.5 Å². The Morgan fingerprint density at radius 2 is 1.80 bits per heavy atom. The van der Waals surface area contributed by atoms with Gasteiger partial charge in [0, 0.05) is 39.8 Å². The van der Waals surface area contributed by atoms with E-state index in [9.17, 15) is 9.59 Å². The smallest absolute Gasteiger partial charge is 0.303 e. The number of rotatable bonds is 3. The topological polar surface area (TPSA) is 75.0 Å². The van der Waals surface area contributed by atoms with Crippen LogP contribution in [0.15, 0.2) is 34.9 Å². The quantitative estimate of drug-likeness (QED) is 0.587. The molecule has 6 heteroatoms. The van der Waals surface area contributed by atoms with Crippen LogP contribution in [0.25, 0.3) is 10.8 Å². The predicted molar refractivity (Wildman–Crippen MR) is 109 cm³/mol. The number of esters is 1. The van der Waals surface area contributed by atoms with Gasteiger partial charge in [0.2, 0.25) is 5.78 Å². The van der Waals surface area contributed by atoms with Crippen molar-refractivity contribution >= 4 is 22.5 Å². The van der Waals surface area contributed by atoms with Crippen molar-refractivity contribution < 1.29 is 28.2 Å². The number of benzene rings is 2. The van der Waals surface area contributed by atoms with Gasteiger partial charge in [-0.3, -0.25) is 9.59 Å². The average molecular weight is 406 g/mol. The lowest BCUT2D eigenvalue weighted by Crippen LogP contribution is -2.37. The maximum Gasteiger partial charge on any atom is 0.303 e. The molecule has 2 atom stereocenters. The zero-order valence-corrected chi connectivity index (χ0v) is 17.3. The highest BCUT2D eigenvalue weighted by Crippen LogP contribution is 2.54. The third-order valence-electron chi connectivity index (χ3n) is 6.49. The molecule has 1 aromatic heterocycles. The van der Waals surface area contributed by atoms with Crippen molar-refractivity contribution in [1.82, 2.24) is 0 Å². The zero-order chi connectivity index (χ0) is 21.2. The van der Waals surface area contributed by atoms with Crippen molar-refractivity contribution in [3.05, 3.63) is 58.5 Å². The summed E-state index contributed by atoms with van der Waals surface area (Å²) >= 11 is 0. The molecule has 0 aliphatic heterocycles. The average Bonchev–Trinajstić information content (AvgIpc) is 3.19. The summed E-state index contributed by atoms with van der Waals surface area (Å²) in [6.45, 7) is 3.52. The van der Waals surface area contributed by atoms with Crippen molar-refractivity contribution in [2.75, 3.05) is 14.2 Å². The number of hydrogen-bond donors (Lipinski definition) is 0. The van der Waals surface area contributed by atoms with E-state index >= 15 is 0 Å². The van der Waals surface area contributed by atoms with Crippen LogP contribution in [0.2, 0.25) is 0 Å². The van der Waals surface area contributed by atoms with E-state index in [-0.39, 0.29) is 11.8 Å². The molecule has 3 aromatic rings. The Morgan fingerprint density at radius 1 is 1.13 bits per heavy atom. The van der Waals surface area contributed by atoms with E-state index in [0.29, 0.717) is 23.5 Å². The maximum atomic E-state index is 13.4. The van der Waals surface area contributed by atoms with Gasteiger partial charge in [0.05, 0.1) is 20.5 Å². The molecule has 0 fully saturated rings. The first-order valence-corrected chi connectivity index (χ1v) is 9.92. The number of carbonyl (C=O) groups is 2. The van der Waals surface area contributed by atoms with Gasteiger partial charge in [0.25, 0.3) is 0 Å². The van der Waals surface area contributed by atoms with Gasteiger partial charge in [-0.15, -0.1) is 0 Å². The van der Waals surface area contributed by atoms with Crippen LogP contribution in [0.3, 0.4) is 0 Å². The van der Waals surface area contributed by atoms with Crippen molar-refractivity contribution in [3.8, 4) is 11.5 Å². The number of ether oxygens (including phenoxy) is 3. The summed E-state index contributed by atoms with van der Waals surface area (Å²) in [7, 11) is 3.24. The van der Waals surface area contributed by atoms with E-state index in [1.807, 2.05) is 24.3 Å².